The number of fused-ring (bicyclic) bond motifs is 3. The van der Waals surface area contributed by atoms with Crippen LogP contribution in [0.3, 0.4) is 0 Å². The smallest absolute Gasteiger partial charge is 0.307 e. The van der Waals surface area contributed by atoms with Gasteiger partial charge in [-0.2, -0.15) is 0 Å². The van der Waals surface area contributed by atoms with Gasteiger partial charge in [0.15, 0.2) is 0 Å². The lowest BCUT2D eigenvalue weighted by Crippen LogP contribution is -2.36. The van der Waals surface area contributed by atoms with Crippen LogP contribution in [-0.2, 0) is 22.4 Å². The third-order valence-corrected chi connectivity index (χ3v) is 7.76. The molecule has 3 aliphatic carbocycles. The number of hydrogen-bond donors (Lipinski definition) is 3. The first-order valence-corrected chi connectivity index (χ1v) is 10.9. The molecule has 0 aromatic carbocycles. The molecule has 4 N–H and O–H groups in total. The minimum absolute atomic E-state index is 0.0494. The maximum atomic E-state index is 13.0. The zero-order chi connectivity index (χ0) is 20.0. The van der Waals surface area contributed by atoms with E-state index < -0.39 is 23.7 Å². The Morgan fingerprint density at radius 1 is 1.25 bits per heavy atom. The van der Waals surface area contributed by atoms with E-state index in [4.69, 9.17) is 5.73 Å². The van der Waals surface area contributed by atoms with Crippen LogP contribution < -0.4 is 11.1 Å². The standard InChI is InChI=1S/C21H26N2O4S/c1-2-3-10-4-7-13-14(8-10)28-20(17(13)18(22)24)23-19(25)15-11-5-6-12(9-11)16(15)21(26)27/h5-6,10-12,15-16H,2-4,7-9H2,1H3,(H2,22,24)(H,23,25)(H,26,27)/t10-,11+,12+,15+,16-/m1/s1. The third kappa shape index (κ3) is 3.15. The molecule has 3 aliphatic rings. The van der Waals surface area contributed by atoms with E-state index in [0.717, 1.165) is 42.5 Å². The van der Waals surface area contributed by atoms with Crippen LogP contribution in [0.2, 0.25) is 0 Å². The van der Waals surface area contributed by atoms with Crippen molar-refractivity contribution in [3.8, 4) is 0 Å². The molecule has 0 aliphatic heterocycles. The molecule has 1 saturated carbocycles. The summed E-state index contributed by atoms with van der Waals surface area (Å²) in [4.78, 5) is 38.0. The van der Waals surface area contributed by atoms with Crippen LogP contribution >= 0.6 is 11.3 Å². The normalized spacial score (nSPS) is 30.2. The van der Waals surface area contributed by atoms with E-state index in [0.29, 0.717) is 22.9 Å². The minimum atomic E-state index is -0.931. The lowest BCUT2D eigenvalue weighted by molar-refractivity contribution is -0.146. The second kappa shape index (κ2) is 7.35. The van der Waals surface area contributed by atoms with Crippen molar-refractivity contribution in [2.75, 3.05) is 5.32 Å². The average Bonchev–Trinajstić information content (AvgIpc) is 3.33. The summed E-state index contributed by atoms with van der Waals surface area (Å²) >= 11 is 1.44. The van der Waals surface area contributed by atoms with Crippen molar-refractivity contribution in [2.24, 2.45) is 35.3 Å². The Kier molecular flexibility index (Phi) is 5.04. The quantitative estimate of drug-likeness (QED) is 0.635. The number of thiophene rings is 1. The largest absolute Gasteiger partial charge is 0.481 e. The molecule has 6 nitrogen and oxygen atoms in total. The van der Waals surface area contributed by atoms with Gasteiger partial charge in [-0.05, 0) is 49.0 Å². The highest BCUT2D eigenvalue weighted by Crippen LogP contribution is 2.49. The van der Waals surface area contributed by atoms with Gasteiger partial charge in [-0.1, -0.05) is 31.9 Å². The molecule has 28 heavy (non-hydrogen) atoms. The molecular weight excluding hydrogens is 376 g/mol. The van der Waals surface area contributed by atoms with Crippen LogP contribution in [0, 0.1) is 29.6 Å². The van der Waals surface area contributed by atoms with Gasteiger partial charge in [0.05, 0.1) is 17.4 Å². The number of carboxylic acid groups (broad SMARTS) is 1. The molecule has 4 rings (SSSR count). The minimum Gasteiger partial charge on any atom is -0.481 e. The summed E-state index contributed by atoms with van der Waals surface area (Å²) in [7, 11) is 0. The molecule has 0 radical (unpaired) electrons. The first-order chi connectivity index (χ1) is 13.4. The Bertz CT molecular complexity index is 859. The summed E-state index contributed by atoms with van der Waals surface area (Å²) < 4.78 is 0. The van der Waals surface area contributed by atoms with Gasteiger partial charge < -0.3 is 16.2 Å². The van der Waals surface area contributed by atoms with Crippen LogP contribution in [-0.4, -0.2) is 22.9 Å². The van der Waals surface area contributed by atoms with E-state index in [1.54, 1.807) is 0 Å². The number of carbonyl (C=O) groups is 3. The molecule has 1 aromatic heterocycles. The number of nitrogens with two attached hydrogens (primary N) is 1. The predicted molar refractivity (Wildman–Crippen MR) is 107 cm³/mol. The Hall–Kier alpha value is -2.15. The second-order valence-electron chi connectivity index (χ2n) is 8.30. The highest BCUT2D eigenvalue weighted by molar-refractivity contribution is 7.17. The molecule has 1 heterocycles. The highest BCUT2D eigenvalue weighted by atomic mass is 32.1. The number of amides is 2. The monoisotopic (exact) mass is 402 g/mol. The Morgan fingerprint density at radius 2 is 1.96 bits per heavy atom. The van der Waals surface area contributed by atoms with E-state index in [2.05, 4.69) is 12.2 Å². The van der Waals surface area contributed by atoms with Gasteiger partial charge in [0.2, 0.25) is 5.91 Å². The molecule has 7 heteroatoms. The number of hydrogen-bond acceptors (Lipinski definition) is 4. The van der Waals surface area contributed by atoms with Crippen molar-refractivity contribution < 1.29 is 19.5 Å². The molecule has 1 aromatic rings. The van der Waals surface area contributed by atoms with Gasteiger partial charge in [-0.25, -0.2) is 0 Å². The molecule has 0 spiro atoms. The Labute approximate surface area is 168 Å². The van der Waals surface area contributed by atoms with Crippen molar-refractivity contribution in [3.05, 3.63) is 28.2 Å². The van der Waals surface area contributed by atoms with Gasteiger partial charge in [-0.15, -0.1) is 11.3 Å². The number of aliphatic carboxylic acids is 1. The van der Waals surface area contributed by atoms with Crippen molar-refractivity contribution in [1.29, 1.82) is 0 Å². The Balaban J connectivity index is 1.60. The fraction of sp³-hybridized carbons (Fsp3) is 0.571. The average molecular weight is 403 g/mol. The number of primary amides is 1. The SMILES string of the molecule is CCC[C@@H]1CCc2c(sc(NC(=O)[C@@H]3[C@H](C(=O)O)[C@H]4C=C[C@H]3C4)c2C(N)=O)C1. The zero-order valence-electron chi connectivity index (χ0n) is 15.9. The van der Waals surface area contributed by atoms with Crippen LogP contribution in [0.4, 0.5) is 5.00 Å². The summed E-state index contributed by atoms with van der Waals surface area (Å²) in [5.74, 6) is -2.59. The third-order valence-electron chi connectivity index (χ3n) is 6.59. The number of rotatable bonds is 6. The summed E-state index contributed by atoms with van der Waals surface area (Å²) in [5, 5.41) is 13.0. The second-order valence-corrected chi connectivity index (χ2v) is 9.40. The summed E-state index contributed by atoms with van der Waals surface area (Å²) in [5.41, 5.74) is 7.05. The molecule has 0 saturated heterocycles. The predicted octanol–water partition coefficient (Wildman–Crippen LogP) is 3.21. The van der Waals surface area contributed by atoms with Crippen LogP contribution in [0.5, 0.6) is 0 Å². The van der Waals surface area contributed by atoms with Crippen molar-refractivity contribution in [1.82, 2.24) is 0 Å². The molecule has 1 fully saturated rings. The molecule has 2 bridgehead atoms. The number of anilines is 1. The maximum absolute atomic E-state index is 13.0. The van der Waals surface area contributed by atoms with Gasteiger partial charge in [0, 0.05) is 4.88 Å². The first kappa shape index (κ1) is 19.2. The highest BCUT2D eigenvalue weighted by Gasteiger charge is 2.51. The van der Waals surface area contributed by atoms with E-state index in [1.807, 2.05) is 12.2 Å². The zero-order valence-corrected chi connectivity index (χ0v) is 16.8. The molecule has 2 amide bonds. The number of carboxylic acids is 1. The molecular formula is C21H26N2O4S. The fourth-order valence-electron chi connectivity index (χ4n) is 5.37. The molecule has 150 valence electrons. The van der Waals surface area contributed by atoms with Gasteiger partial charge >= 0.3 is 5.97 Å². The van der Waals surface area contributed by atoms with E-state index in [9.17, 15) is 19.5 Å². The number of nitrogens with one attached hydrogen (secondary N) is 1. The van der Waals surface area contributed by atoms with Gasteiger partial charge in [0.25, 0.3) is 5.91 Å². The summed E-state index contributed by atoms with van der Waals surface area (Å²) in [6.45, 7) is 2.17. The summed E-state index contributed by atoms with van der Waals surface area (Å²) in [6.07, 6.45) is 9.62. The van der Waals surface area contributed by atoms with E-state index in [1.165, 1.54) is 11.3 Å². The van der Waals surface area contributed by atoms with Gasteiger partial charge in [0.1, 0.15) is 5.00 Å². The van der Waals surface area contributed by atoms with E-state index in [-0.39, 0.29) is 17.7 Å². The fourth-order valence-corrected chi connectivity index (χ4v) is 6.74. The topological polar surface area (TPSA) is 109 Å². The van der Waals surface area contributed by atoms with Crippen LogP contribution in [0.1, 0.15) is 53.4 Å². The number of allylic oxidation sites excluding steroid dienone is 2. The Morgan fingerprint density at radius 3 is 2.61 bits per heavy atom. The van der Waals surface area contributed by atoms with Gasteiger partial charge in [-0.3, -0.25) is 14.4 Å². The molecule has 0 unspecified atom stereocenters. The van der Waals surface area contributed by atoms with Crippen molar-refractivity contribution in [3.63, 3.8) is 0 Å². The lowest BCUT2D eigenvalue weighted by Gasteiger charge is -2.23. The van der Waals surface area contributed by atoms with Crippen molar-refractivity contribution >= 4 is 34.1 Å². The summed E-state index contributed by atoms with van der Waals surface area (Å²) in [6, 6.07) is 0. The van der Waals surface area contributed by atoms with E-state index >= 15 is 0 Å². The van der Waals surface area contributed by atoms with Crippen LogP contribution in [0.25, 0.3) is 0 Å². The van der Waals surface area contributed by atoms with Crippen LogP contribution in [0.15, 0.2) is 12.2 Å². The number of carbonyl (C=O) groups excluding carboxylic acids is 2. The lowest BCUT2D eigenvalue weighted by atomic mass is 9.82. The first-order valence-electron chi connectivity index (χ1n) is 10.1. The molecule has 5 atom stereocenters. The van der Waals surface area contributed by atoms with Crippen molar-refractivity contribution in [2.45, 2.75) is 45.4 Å². The maximum Gasteiger partial charge on any atom is 0.307 e.